The molecular weight excluding hydrogens is 334 g/mol. The first kappa shape index (κ1) is 17.4. The molecule has 136 valence electrons. The number of ether oxygens (including phenoxy) is 1. The predicted octanol–water partition coefficient (Wildman–Crippen LogP) is 3.69. The lowest BCUT2D eigenvalue weighted by Crippen LogP contribution is -2.31. The van der Waals surface area contributed by atoms with Crippen molar-refractivity contribution in [2.45, 2.75) is 32.6 Å². The average Bonchev–Trinajstić information content (AvgIpc) is 3.58. The standard InChI is InChI=1S/C23H23N3O/c1-4-18-19(5-2)25-23(21-11-7-10-20(24-21)15-12-13-15)26-22(18)16-8-6-9-17(14-16)27-3/h4-11,14-15H,12-13H2,1-3H3/b18-4+,19-5+. The molecule has 4 nitrogen and oxygen atoms in total. The van der Waals surface area contributed by atoms with Crippen molar-refractivity contribution in [1.29, 1.82) is 0 Å². The van der Waals surface area contributed by atoms with Crippen molar-refractivity contribution in [3.63, 3.8) is 0 Å². The lowest BCUT2D eigenvalue weighted by atomic mass is 10.1. The number of methoxy groups -OCH3 is 1. The Morgan fingerprint density at radius 2 is 1.78 bits per heavy atom. The van der Waals surface area contributed by atoms with Gasteiger partial charge in [-0.3, -0.25) is 0 Å². The highest BCUT2D eigenvalue weighted by molar-refractivity contribution is 5.65. The van der Waals surface area contributed by atoms with Gasteiger partial charge in [0.25, 0.3) is 0 Å². The monoisotopic (exact) mass is 357 g/mol. The molecule has 1 aliphatic rings. The number of hydrogen-bond donors (Lipinski definition) is 0. The number of rotatable bonds is 4. The van der Waals surface area contributed by atoms with E-state index in [2.05, 4.69) is 24.3 Å². The number of aromatic nitrogens is 3. The van der Waals surface area contributed by atoms with Crippen LogP contribution in [0.5, 0.6) is 5.75 Å². The van der Waals surface area contributed by atoms with Crippen LogP contribution in [0.4, 0.5) is 0 Å². The van der Waals surface area contributed by atoms with E-state index < -0.39 is 0 Å². The molecule has 0 atom stereocenters. The summed E-state index contributed by atoms with van der Waals surface area (Å²) in [4.78, 5) is 14.5. The van der Waals surface area contributed by atoms with Crippen molar-refractivity contribution >= 4 is 12.2 Å². The maximum absolute atomic E-state index is 5.40. The van der Waals surface area contributed by atoms with Gasteiger partial charge in [0, 0.05) is 22.4 Å². The van der Waals surface area contributed by atoms with Gasteiger partial charge in [-0.2, -0.15) is 0 Å². The Balaban J connectivity index is 1.93. The smallest absolute Gasteiger partial charge is 0.179 e. The third-order valence-corrected chi connectivity index (χ3v) is 4.88. The summed E-state index contributed by atoms with van der Waals surface area (Å²) in [7, 11) is 1.68. The average molecular weight is 357 g/mol. The Morgan fingerprint density at radius 1 is 0.963 bits per heavy atom. The first-order chi connectivity index (χ1) is 13.2. The summed E-state index contributed by atoms with van der Waals surface area (Å²) in [5.41, 5.74) is 3.88. The number of benzene rings is 1. The molecule has 0 unspecified atom stereocenters. The van der Waals surface area contributed by atoms with Crippen molar-refractivity contribution in [2.24, 2.45) is 0 Å². The maximum atomic E-state index is 5.40. The lowest BCUT2D eigenvalue weighted by Gasteiger charge is -2.09. The maximum Gasteiger partial charge on any atom is 0.179 e. The molecule has 3 aromatic rings. The summed E-state index contributed by atoms with van der Waals surface area (Å²) in [5.74, 6) is 2.07. The van der Waals surface area contributed by atoms with Gasteiger partial charge in [0.2, 0.25) is 0 Å². The van der Waals surface area contributed by atoms with E-state index in [0.29, 0.717) is 11.7 Å². The summed E-state index contributed by atoms with van der Waals surface area (Å²) in [6.45, 7) is 4.02. The molecule has 0 aliphatic heterocycles. The van der Waals surface area contributed by atoms with Crippen LogP contribution in [0.2, 0.25) is 0 Å². The summed E-state index contributed by atoms with van der Waals surface area (Å²) in [5, 5.41) is 1.94. The zero-order chi connectivity index (χ0) is 18.8. The van der Waals surface area contributed by atoms with Crippen LogP contribution in [-0.2, 0) is 0 Å². The fourth-order valence-corrected chi connectivity index (χ4v) is 3.28. The second-order valence-corrected chi connectivity index (χ2v) is 6.73. The Kier molecular flexibility index (Phi) is 4.71. The minimum atomic E-state index is 0.600. The van der Waals surface area contributed by atoms with Crippen molar-refractivity contribution in [2.75, 3.05) is 7.11 Å². The summed E-state index contributed by atoms with van der Waals surface area (Å²) >= 11 is 0. The molecule has 0 radical (unpaired) electrons. The van der Waals surface area contributed by atoms with E-state index in [-0.39, 0.29) is 0 Å². The lowest BCUT2D eigenvalue weighted by molar-refractivity contribution is 0.415. The van der Waals surface area contributed by atoms with Crippen molar-refractivity contribution in [1.82, 2.24) is 15.0 Å². The van der Waals surface area contributed by atoms with Gasteiger partial charge >= 0.3 is 0 Å². The highest BCUT2D eigenvalue weighted by atomic mass is 16.5. The Labute approximate surface area is 159 Å². The predicted molar refractivity (Wildman–Crippen MR) is 109 cm³/mol. The zero-order valence-corrected chi connectivity index (χ0v) is 15.9. The van der Waals surface area contributed by atoms with E-state index in [4.69, 9.17) is 19.7 Å². The van der Waals surface area contributed by atoms with Crippen LogP contribution in [0.1, 0.15) is 38.3 Å². The van der Waals surface area contributed by atoms with Crippen LogP contribution < -0.4 is 15.3 Å². The molecule has 0 bridgehead atoms. The van der Waals surface area contributed by atoms with Crippen LogP contribution in [0, 0.1) is 0 Å². The third-order valence-electron chi connectivity index (χ3n) is 4.88. The molecule has 2 aromatic heterocycles. The first-order valence-electron chi connectivity index (χ1n) is 9.36. The SMILES string of the molecule is C/C=c1/c(-c2cccc(OC)c2)nc(-c2cccc(C3CC3)n2)n/c1=C/C. The molecule has 0 saturated heterocycles. The van der Waals surface area contributed by atoms with Crippen molar-refractivity contribution in [3.8, 4) is 28.5 Å². The first-order valence-corrected chi connectivity index (χ1v) is 9.36. The van der Waals surface area contributed by atoms with Gasteiger partial charge in [0.15, 0.2) is 5.82 Å². The molecule has 1 aliphatic carbocycles. The molecular formula is C23H23N3O. The molecule has 4 rings (SSSR count). The largest absolute Gasteiger partial charge is 0.497 e. The Morgan fingerprint density at radius 3 is 2.48 bits per heavy atom. The molecule has 0 amide bonds. The quantitative estimate of drug-likeness (QED) is 0.714. The minimum absolute atomic E-state index is 0.600. The molecule has 0 N–H and O–H groups in total. The summed E-state index contributed by atoms with van der Waals surface area (Å²) in [6.07, 6.45) is 6.53. The molecule has 2 heterocycles. The van der Waals surface area contributed by atoms with Crippen LogP contribution in [0.3, 0.4) is 0 Å². The normalized spacial score (nSPS) is 15.2. The fourth-order valence-electron chi connectivity index (χ4n) is 3.28. The highest BCUT2D eigenvalue weighted by Crippen LogP contribution is 2.39. The second kappa shape index (κ2) is 7.31. The molecule has 1 aromatic carbocycles. The molecule has 1 saturated carbocycles. The van der Waals surface area contributed by atoms with Crippen molar-refractivity contribution in [3.05, 3.63) is 58.7 Å². The van der Waals surface area contributed by atoms with Crippen LogP contribution >= 0.6 is 0 Å². The van der Waals surface area contributed by atoms with Gasteiger partial charge in [-0.15, -0.1) is 0 Å². The van der Waals surface area contributed by atoms with Gasteiger partial charge in [-0.25, -0.2) is 15.0 Å². The van der Waals surface area contributed by atoms with Gasteiger partial charge < -0.3 is 4.74 Å². The molecule has 0 spiro atoms. The minimum Gasteiger partial charge on any atom is -0.497 e. The molecule has 27 heavy (non-hydrogen) atoms. The number of nitrogens with zero attached hydrogens (tertiary/aromatic N) is 3. The van der Waals surface area contributed by atoms with E-state index in [0.717, 1.165) is 39.0 Å². The van der Waals surface area contributed by atoms with Crippen LogP contribution in [-0.4, -0.2) is 22.1 Å². The van der Waals surface area contributed by atoms with E-state index in [1.807, 2.05) is 44.2 Å². The molecule has 4 heteroatoms. The van der Waals surface area contributed by atoms with Gasteiger partial charge in [-0.1, -0.05) is 30.4 Å². The van der Waals surface area contributed by atoms with Gasteiger partial charge in [0.1, 0.15) is 11.4 Å². The van der Waals surface area contributed by atoms with E-state index in [1.54, 1.807) is 7.11 Å². The second-order valence-electron chi connectivity index (χ2n) is 6.73. The number of pyridine rings is 1. The number of hydrogen-bond acceptors (Lipinski definition) is 4. The van der Waals surface area contributed by atoms with Gasteiger partial charge in [-0.05, 0) is 51.0 Å². The van der Waals surface area contributed by atoms with E-state index >= 15 is 0 Å². The van der Waals surface area contributed by atoms with Crippen molar-refractivity contribution < 1.29 is 4.74 Å². The van der Waals surface area contributed by atoms with E-state index in [1.165, 1.54) is 12.8 Å². The zero-order valence-electron chi connectivity index (χ0n) is 15.9. The van der Waals surface area contributed by atoms with Crippen LogP contribution in [0.15, 0.2) is 42.5 Å². The van der Waals surface area contributed by atoms with E-state index in [9.17, 15) is 0 Å². The Bertz CT molecular complexity index is 1100. The topological polar surface area (TPSA) is 47.9 Å². The molecule has 1 fully saturated rings. The Hall–Kier alpha value is -3.01. The summed E-state index contributed by atoms with van der Waals surface area (Å²) in [6, 6.07) is 14.1. The summed E-state index contributed by atoms with van der Waals surface area (Å²) < 4.78 is 5.40. The van der Waals surface area contributed by atoms with Gasteiger partial charge in [0.05, 0.1) is 18.2 Å². The fraction of sp³-hybridized carbons (Fsp3) is 0.261. The highest BCUT2D eigenvalue weighted by Gasteiger charge is 2.25. The van der Waals surface area contributed by atoms with Crippen LogP contribution in [0.25, 0.3) is 34.9 Å². The third kappa shape index (κ3) is 3.47.